The van der Waals surface area contributed by atoms with Gasteiger partial charge in [0.1, 0.15) is 6.54 Å². The number of ether oxygens (including phenoxy) is 1. The predicted octanol–water partition coefficient (Wildman–Crippen LogP) is 3.42. The molecule has 0 aliphatic carbocycles. The van der Waals surface area contributed by atoms with E-state index in [2.05, 4.69) is 5.32 Å². The van der Waals surface area contributed by atoms with Crippen LogP contribution in [0, 0.1) is 0 Å². The summed E-state index contributed by atoms with van der Waals surface area (Å²) >= 11 is 0. The highest BCUT2D eigenvalue weighted by Gasteiger charge is 2.30. The van der Waals surface area contributed by atoms with E-state index in [0.29, 0.717) is 5.69 Å². The van der Waals surface area contributed by atoms with Crippen LogP contribution < -0.4 is 10.2 Å². The van der Waals surface area contributed by atoms with Crippen LogP contribution in [0.2, 0.25) is 0 Å². The number of para-hydroxylation sites is 1. The average Bonchev–Trinajstić information content (AvgIpc) is 2.70. The molecule has 2 amide bonds. The molecule has 0 aliphatic heterocycles. The van der Waals surface area contributed by atoms with Gasteiger partial charge in [0.05, 0.1) is 5.56 Å². The number of nitrogens with one attached hydrogen (secondary N) is 1. The number of alkyl halides is 3. The summed E-state index contributed by atoms with van der Waals surface area (Å²) in [6.45, 7) is 2.59. The molecule has 0 bridgehead atoms. The molecule has 0 aliphatic rings. The van der Waals surface area contributed by atoms with Crippen LogP contribution in [-0.4, -0.2) is 37.0 Å². The van der Waals surface area contributed by atoms with Crippen molar-refractivity contribution in [3.8, 4) is 0 Å². The molecule has 6 nitrogen and oxygen atoms in total. The van der Waals surface area contributed by atoms with Crippen molar-refractivity contribution < 1.29 is 32.3 Å². The van der Waals surface area contributed by atoms with Crippen LogP contribution in [0.4, 0.5) is 18.9 Å². The van der Waals surface area contributed by atoms with Gasteiger partial charge in [0.15, 0.2) is 6.61 Å². The van der Waals surface area contributed by atoms with Crippen LogP contribution in [0.15, 0.2) is 54.6 Å². The summed E-state index contributed by atoms with van der Waals surface area (Å²) in [6.07, 6.45) is -4.50. The van der Waals surface area contributed by atoms with E-state index in [1.54, 1.807) is 24.3 Å². The minimum atomic E-state index is -4.50. The molecule has 0 saturated heterocycles. The molecule has 30 heavy (non-hydrogen) atoms. The Morgan fingerprint density at radius 3 is 2.13 bits per heavy atom. The van der Waals surface area contributed by atoms with Crippen molar-refractivity contribution in [2.75, 3.05) is 18.1 Å². The monoisotopic (exact) mass is 422 g/mol. The number of hydrogen-bond acceptors (Lipinski definition) is 4. The first kappa shape index (κ1) is 22.9. The SMILES string of the molecule is CC(C)N(C(=O)COC(=O)CNC(=O)c1ccc(C(F)(F)F)cc1)c1ccccc1. The van der Waals surface area contributed by atoms with Gasteiger partial charge in [-0.2, -0.15) is 13.2 Å². The molecule has 0 heterocycles. The van der Waals surface area contributed by atoms with E-state index >= 15 is 0 Å². The molecule has 9 heteroatoms. The largest absolute Gasteiger partial charge is 0.454 e. The Morgan fingerprint density at radius 1 is 1.00 bits per heavy atom. The van der Waals surface area contributed by atoms with Gasteiger partial charge in [-0.05, 0) is 50.2 Å². The summed E-state index contributed by atoms with van der Waals surface area (Å²) in [4.78, 5) is 37.7. The molecule has 0 fully saturated rings. The molecule has 1 N–H and O–H groups in total. The maximum atomic E-state index is 12.5. The number of nitrogens with zero attached hydrogens (tertiary/aromatic N) is 1. The van der Waals surface area contributed by atoms with E-state index in [9.17, 15) is 27.6 Å². The number of carbonyl (C=O) groups is 3. The topological polar surface area (TPSA) is 75.7 Å². The molecule has 0 unspecified atom stereocenters. The maximum Gasteiger partial charge on any atom is 0.416 e. The summed E-state index contributed by atoms with van der Waals surface area (Å²) in [5.41, 5.74) is -0.267. The zero-order chi connectivity index (χ0) is 22.3. The van der Waals surface area contributed by atoms with Gasteiger partial charge >= 0.3 is 12.1 Å². The number of rotatable bonds is 7. The average molecular weight is 422 g/mol. The van der Waals surface area contributed by atoms with Crippen molar-refractivity contribution in [1.82, 2.24) is 5.32 Å². The van der Waals surface area contributed by atoms with Crippen molar-refractivity contribution >= 4 is 23.5 Å². The normalized spacial score (nSPS) is 11.1. The van der Waals surface area contributed by atoms with E-state index in [1.165, 1.54) is 4.90 Å². The van der Waals surface area contributed by atoms with Crippen LogP contribution >= 0.6 is 0 Å². The Balaban J connectivity index is 1.85. The quantitative estimate of drug-likeness (QED) is 0.694. The zero-order valence-corrected chi connectivity index (χ0v) is 16.4. The third kappa shape index (κ3) is 6.33. The minimum absolute atomic E-state index is 0.0399. The Labute approximate surface area is 171 Å². The van der Waals surface area contributed by atoms with Crippen LogP contribution in [0.1, 0.15) is 29.8 Å². The number of halogens is 3. The van der Waals surface area contributed by atoms with Crippen LogP contribution in [0.5, 0.6) is 0 Å². The minimum Gasteiger partial charge on any atom is -0.454 e. The van der Waals surface area contributed by atoms with Gasteiger partial charge < -0.3 is 15.0 Å². The maximum absolute atomic E-state index is 12.5. The molecule has 0 spiro atoms. The second kappa shape index (κ2) is 9.91. The first-order chi connectivity index (χ1) is 14.1. The van der Waals surface area contributed by atoms with Crippen molar-refractivity contribution in [2.24, 2.45) is 0 Å². The van der Waals surface area contributed by atoms with Gasteiger partial charge in [0, 0.05) is 17.3 Å². The van der Waals surface area contributed by atoms with Gasteiger partial charge in [0.2, 0.25) is 0 Å². The molecule has 0 aromatic heterocycles. The number of esters is 1. The smallest absolute Gasteiger partial charge is 0.416 e. The van der Waals surface area contributed by atoms with Crippen LogP contribution in [0.3, 0.4) is 0 Å². The molecule has 2 aromatic carbocycles. The van der Waals surface area contributed by atoms with E-state index in [1.807, 2.05) is 19.9 Å². The first-order valence-electron chi connectivity index (χ1n) is 9.07. The molecule has 0 atom stereocenters. The van der Waals surface area contributed by atoms with Crippen molar-refractivity contribution in [3.05, 3.63) is 65.7 Å². The summed E-state index contributed by atoms with van der Waals surface area (Å²) in [7, 11) is 0. The van der Waals surface area contributed by atoms with E-state index < -0.39 is 42.7 Å². The fourth-order valence-corrected chi connectivity index (χ4v) is 2.65. The molecular weight excluding hydrogens is 401 g/mol. The number of anilines is 1. The van der Waals surface area contributed by atoms with Gasteiger partial charge in [0.25, 0.3) is 11.8 Å². The van der Waals surface area contributed by atoms with Crippen molar-refractivity contribution in [2.45, 2.75) is 26.1 Å². The highest BCUT2D eigenvalue weighted by atomic mass is 19.4. The van der Waals surface area contributed by atoms with E-state index in [-0.39, 0.29) is 11.6 Å². The summed E-state index contributed by atoms with van der Waals surface area (Å²) in [5, 5.41) is 2.24. The lowest BCUT2D eigenvalue weighted by atomic mass is 10.1. The van der Waals surface area contributed by atoms with Gasteiger partial charge in [-0.15, -0.1) is 0 Å². The molecule has 0 saturated carbocycles. The zero-order valence-electron chi connectivity index (χ0n) is 16.4. The van der Waals surface area contributed by atoms with E-state index in [0.717, 1.165) is 24.3 Å². The molecular formula is C21H21F3N2O4. The lowest BCUT2D eigenvalue weighted by molar-refractivity contribution is -0.146. The van der Waals surface area contributed by atoms with Crippen LogP contribution in [-0.2, 0) is 20.5 Å². The first-order valence-corrected chi connectivity index (χ1v) is 9.07. The number of amides is 2. The predicted molar refractivity (Wildman–Crippen MR) is 104 cm³/mol. The van der Waals surface area contributed by atoms with Gasteiger partial charge in [-0.3, -0.25) is 14.4 Å². The summed E-state index contributed by atoms with van der Waals surface area (Å²) in [5.74, 6) is -2.01. The van der Waals surface area contributed by atoms with Gasteiger partial charge in [-0.25, -0.2) is 0 Å². The Hall–Kier alpha value is -3.36. The number of carbonyl (C=O) groups excluding carboxylic acids is 3. The molecule has 0 radical (unpaired) electrons. The second-order valence-electron chi connectivity index (χ2n) is 6.61. The highest BCUT2D eigenvalue weighted by Crippen LogP contribution is 2.29. The van der Waals surface area contributed by atoms with Crippen molar-refractivity contribution in [1.29, 1.82) is 0 Å². The van der Waals surface area contributed by atoms with Gasteiger partial charge in [-0.1, -0.05) is 18.2 Å². The number of benzene rings is 2. The standard InChI is InChI=1S/C21H21F3N2O4/c1-14(2)26(17-6-4-3-5-7-17)18(27)13-30-19(28)12-25-20(29)15-8-10-16(11-9-15)21(22,23)24/h3-11,14H,12-13H2,1-2H3,(H,25,29). The fourth-order valence-electron chi connectivity index (χ4n) is 2.65. The lowest BCUT2D eigenvalue weighted by Crippen LogP contribution is -2.40. The Morgan fingerprint density at radius 2 is 1.60 bits per heavy atom. The highest BCUT2D eigenvalue weighted by molar-refractivity contribution is 5.97. The van der Waals surface area contributed by atoms with Crippen LogP contribution in [0.25, 0.3) is 0 Å². The Bertz CT molecular complexity index is 881. The van der Waals surface area contributed by atoms with E-state index in [4.69, 9.17) is 4.74 Å². The number of hydrogen-bond donors (Lipinski definition) is 1. The third-order valence-corrected chi connectivity index (χ3v) is 4.04. The molecule has 2 aromatic rings. The molecule has 160 valence electrons. The Kier molecular flexibility index (Phi) is 7.57. The summed E-state index contributed by atoms with van der Waals surface area (Å²) in [6, 6.07) is 12.3. The second-order valence-corrected chi connectivity index (χ2v) is 6.61. The fraction of sp³-hybridized carbons (Fsp3) is 0.286. The third-order valence-electron chi connectivity index (χ3n) is 4.04. The lowest BCUT2D eigenvalue weighted by Gasteiger charge is -2.26. The molecule has 2 rings (SSSR count). The van der Waals surface area contributed by atoms with Crippen molar-refractivity contribution in [3.63, 3.8) is 0 Å². The summed E-state index contributed by atoms with van der Waals surface area (Å²) < 4.78 is 42.6.